The first-order valence-corrected chi connectivity index (χ1v) is 10.4. The summed E-state index contributed by atoms with van der Waals surface area (Å²) in [6.45, 7) is 5.60. The quantitative estimate of drug-likeness (QED) is 0.557. The Balaban J connectivity index is 2.41. The minimum absolute atomic E-state index is 0.297. The van der Waals surface area contributed by atoms with Gasteiger partial charge in [-0.3, -0.25) is 0 Å². The second-order valence-electron chi connectivity index (χ2n) is 6.70. The zero-order valence-corrected chi connectivity index (χ0v) is 18.1. The first-order valence-electron chi connectivity index (χ1n) is 7.64. The van der Waals surface area contributed by atoms with Gasteiger partial charge in [0.1, 0.15) is 11.6 Å². The third-order valence-corrected chi connectivity index (χ3v) is 6.33. The number of benzene rings is 2. The van der Waals surface area contributed by atoms with E-state index in [-0.39, 0.29) is 6.04 Å². The van der Waals surface area contributed by atoms with Crippen molar-refractivity contribution >= 4 is 42.8 Å². The van der Waals surface area contributed by atoms with Gasteiger partial charge in [0.05, 0.1) is 15.7 Å². The van der Waals surface area contributed by atoms with Gasteiger partial charge in [0.25, 0.3) is 0 Å². The van der Waals surface area contributed by atoms with Gasteiger partial charge in [-0.15, -0.1) is 0 Å². The van der Waals surface area contributed by atoms with Crippen molar-refractivity contribution < 1.29 is 13.0 Å². The Morgan fingerprint density at radius 2 is 1.68 bits per heavy atom. The molecule has 25 heavy (non-hydrogen) atoms. The van der Waals surface area contributed by atoms with E-state index in [0.29, 0.717) is 12.0 Å². The SMILES string of the molecule is CC(C)(C)[S@](=O)N[C@@H](Cc1cc(F)cc(F)c1)c1cc(Br)ccc1Br. The zero-order valence-electron chi connectivity index (χ0n) is 14.1. The first kappa shape index (κ1) is 20.7. The third-order valence-electron chi connectivity index (χ3n) is 3.50. The zero-order chi connectivity index (χ0) is 18.8. The van der Waals surface area contributed by atoms with Crippen LogP contribution in [0.1, 0.15) is 37.9 Å². The molecule has 0 spiro atoms. The molecule has 0 fully saturated rings. The van der Waals surface area contributed by atoms with Crippen LogP contribution in [-0.4, -0.2) is 8.96 Å². The molecular weight excluding hydrogens is 476 g/mol. The van der Waals surface area contributed by atoms with E-state index in [0.717, 1.165) is 20.6 Å². The number of hydrogen-bond donors (Lipinski definition) is 1. The summed E-state index contributed by atoms with van der Waals surface area (Å²) < 4.78 is 44.0. The molecule has 0 aliphatic rings. The van der Waals surface area contributed by atoms with Crippen LogP contribution in [0.15, 0.2) is 45.3 Å². The molecule has 0 bridgehead atoms. The van der Waals surface area contributed by atoms with Crippen LogP contribution in [0.3, 0.4) is 0 Å². The monoisotopic (exact) mass is 493 g/mol. The minimum Gasteiger partial charge on any atom is -0.242 e. The van der Waals surface area contributed by atoms with Gasteiger partial charge in [0.15, 0.2) is 0 Å². The van der Waals surface area contributed by atoms with Gasteiger partial charge in [-0.25, -0.2) is 17.7 Å². The smallest absolute Gasteiger partial charge is 0.126 e. The second-order valence-corrected chi connectivity index (χ2v) is 10.5. The molecule has 0 saturated heterocycles. The van der Waals surface area contributed by atoms with Crippen LogP contribution in [0.5, 0.6) is 0 Å². The molecule has 0 aliphatic heterocycles. The van der Waals surface area contributed by atoms with Crippen LogP contribution in [0.2, 0.25) is 0 Å². The van der Waals surface area contributed by atoms with Crippen LogP contribution in [0.4, 0.5) is 8.78 Å². The van der Waals surface area contributed by atoms with Gasteiger partial charge < -0.3 is 0 Å². The summed E-state index contributed by atoms with van der Waals surface area (Å²) >= 11 is 6.94. The van der Waals surface area contributed by atoms with E-state index in [9.17, 15) is 13.0 Å². The molecule has 0 saturated carbocycles. The Morgan fingerprint density at radius 1 is 1.08 bits per heavy atom. The Labute approximate surface area is 166 Å². The van der Waals surface area contributed by atoms with Crippen molar-refractivity contribution in [3.63, 3.8) is 0 Å². The summed E-state index contributed by atoms with van der Waals surface area (Å²) in [6, 6.07) is 8.71. The van der Waals surface area contributed by atoms with Gasteiger partial charge in [0.2, 0.25) is 0 Å². The molecule has 2 aromatic rings. The average molecular weight is 495 g/mol. The summed E-state index contributed by atoms with van der Waals surface area (Å²) in [5.41, 5.74) is 1.35. The van der Waals surface area contributed by atoms with Crippen molar-refractivity contribution in [2.24, 2.45) is 0 Å². The molecule has 2 aromatic carbocycles. The largest absolute Gasteiger partial charge is 0.242 e. The molecule has 0 aliphatic carbocycles. The molecule has 2 rings (SSSR count). The molecule has 0 radical (unpaired) electrons. The molecule has 0 heterocycles. The van der Waals surface area contributed by atoms with Crippen LogP contribution < -0.4 is 4.72 Å². The van der Waals surface area contributed by atoms with E-state index in [2.05, 4.69) is 36.6 Å². The maximum absolute atomic E-state index is 13.5. The Kier molecular flexibility index (Phi) is 6.93. The van der Waals surface area contributed by atoms with Crippen LogP contribution in [-0.2, 0) is 17.4 Å². The van der Waals surface area contributed by atoms with Crippen molar-refractivity contribution in [2.45, 2.75) is 38.0 Å². The highest BCUT2D eigenvalue weighted by molar-refractivity contribution is 9.11. The molecule has 136 valence electrons. The lowest BCUT2D eigenvalue weighted by atomic mass is 9.99. The molecule has 2 nitrogen and oxygen atoms in total. The van der Waals surface area contributed by atoms with E-state index in [4.69, 9.17) is 0 Å². The highest BCUT2D eigenvalue weighted by atomic mass is 79.9. The number of nitrogens with one attached hydrogen (secondary N) is 1. The number of halogens is 4. The summed E-state index contributed by atoms with van der Waals surface area (Å²) in [5.74, 6) is -1.25. The van der Waals surface area contributed by atoms with Crippen molar-refractivity contribution in [1.29, 1.82) is 0 Å². The van der Waals surface area contributed by atoms with E-state index in [1.54, 1.807) is 0 Å². The van der Waals surface area contributed by atoms with Gasteiger partial charge >= 0.3 is 0 Å². The maximum Gasteiger partial charge on any atom is 0.126 e. The lowest BCUT2D eigenvalue weighted by Gasteiger charge is -2.25. The highest BCUT2D eigenvalue weighted by Gasteiger charge is 2.25. The van der Waals surface area contributed by atoms with Crippen molar-refractivity contribution in [3.8, 4) is 0 Å². The summed E-state index contributed by atoms with van der Waals surface area (Å²) in [6.07, 6.45) is 0.297. The fraction of sp³-hybridized carbons (Fsp3) is 0.333. The third kappa shape index (κ3) is 5.94. The van der Waals surface area contributed by atoms with E-state index < -0.39 is 27.4 Å². The molecule has 1 N–H and O–H groups in total. The van der Waals surface area contributed by atoms with Crippen LogP contribution in [0, 0.1) is 11.6 Å². The molecule has 0 amide bonds. The fourth-order valence-electron chi connectivity index (χ4n) is 2.27. The topological polar surface area (TPSA) is 29.1 Å². The van der Waals surface area contributed by atoms with Crippen LogP contribution in [0.25, 0.3) is 0 Å². The summed E-state index contributed by atoms with van der Waals surface area (Å²) in [5, 5.41) is 0. The van der Waals surface area contributed by atoms with Gasteiger partial charge in [-0.2, -0.15) is 0 Å². The highest BCUT2D eigenvalue weighted by Crippen LogP contribution is 2.30. The Bertz CT molecular complexity index is 773. The molecule has 0 unspecified atom stereocenters. The van der Waals surface area contributed by atoms with Gasteiger partial charge in [-0.1, -0.05) is 31.9 Å². The van der Waals surface area contributed by atoms with Crippen molar-refractivity contribution in [3.05, 3.63) is 68.1 Å². The van der Waals surface area contributed by atoms with Gasteiger partial charge in [-0.05, 0) is 68.7 Å². The van der Waals surface area contributed by atoms with E-state index in [1.165, 1.54) is 12.1 Å². The molecular formula is C18H19Br2F2NOS. The fourth-order valence-corrected chi connectivity index (χ4v) is 3.99. The maximum atomic E-state index is 13.5. The van der Waals surface area contributed by atoms with Crippen LogP contribution >= 0.6 is 31.9 Å². The first-order chi connectivity index (χ1) is 11.6. The second kappa shape index (κ2) is 8.37. The number of hydrogen-bond acceptors (Lipinski definition) is 1. The number of rotatable bonds is 5. The van der Waals surface area contributed by atoms with Gasteiger partial charge in [0, 0.05) is 21.1 Å². The Hall–Kier alpha value is -0.630. The molecule has 7 heteroatoms. The molecule has 0 aromatic heterocycles. The normalized spacial score (nSPS) is 14.4. The van der Waals surface area contributed by atoms with Crippen molar-refractivity contribution in [1.82, 2.24) is 4.72 Å². The lowest BCUT2D eigenvalue weighted by Crippen LogP contribution is -2.36. The molecule has 2 atom stereocenters. The predicted molar refractivity (Wildman–Crippen MR) is 106 cm³/mol. The summed E-state index contributed by atoms with van der Waals surface area (Å²) in [4.78, 5) is 0. The lowest BCUT2D eigenvalue weighted by molar-refractivity contribution is 0.569. The standard InChI is InChI=1S/C18H19Br2F2NOS/c1-18(2,3)25(24)23-17(15-9-12(19)4-5-16(15)20)8-11-6-13(21)10-14(22)7-11/h4-7,9-10,17,23H,8H2,1-3H3/t17-,25-/m0/s1. The van der Waals surface area contributed by atoms with E-state index in [1.807, 2.05) is 39.0 Å². The summed E-state index contributed by atoms with van der Waals surface area (Å²) in [7, 11) is -1.34. The Morgan fingerprint density at radius 3 is 2.24 bits per heavy atom. The van der Waals surface area contributed by atoms with Crippen molar-refractivity contribution in [2.75, 3.05) is 0 Å². The van der Waals surface area contributed by atoms with E-state index >= 15 is 0 Å². The predicted octanol–water partition coefficient (Wildman–Crippen LogP) is 5.83. The minimum atomic E-state index is -1.34. The average Bonchev–Trinajstić information content (AvgIpc) is 2.47.